The minimum atomic E-state index is -3.70. The average molecular weight is 519 g/mol. The van der Waals surface area contributed by atoms with Gasteiger partial charge >= 0.3 is 0 Å². The molecule has 0 saturated heterocycles. The highest BCUT2D eigenvalue weighted by Gasteiger charge is 2.23. The van der Waals surface area contributed by atoms with Gasteiger partial charge in [-0.2, -0.15) is 10.1 Å². The summed E-state index contributed by atoms with van der Waals surface area (Å²) in [6, 6.07) is 14.4. The summed E-state index contributed by atoms with van der Waals surface area (Å²) in [6.45, 7) is 4.95. The van der Waals surface area contributed by atoms with Crippen LogP contribution in [0.2, 0.25) is 0 Å². The van der Waals surface area contributed by atoms with Crippen molar-refractivity contribution in [3.8, 4) is 11.3 Å². The maximum absolute atomic E-state index is 12.9. The zero-order valence-corrected chi connectivity index (χ0v) is 22.3. The van der Waals surface area contributed by atoms with Crippen LogP contribution < -0.4 is 10.0 Å². The maximum atomic E-state index is 12.9. The SMILES string of the molecule is CCCCNc1ncc2c(-c3ccc(S(=O)(=O)Nc4ccc(C)cc4)cc3)nn(C3CCCCC3)c2n1. The Bertz CT molecular complexity index is 1460. The van der Waals surface area contributed by atoms with Crippen molar-refractivity contribution in [2.24, 2.45) is 0 Å². The van der Waals surface area contributed by atoms with Gasteiger partial charge in [0.15, 0.2) is 5.65 Å². The van der Waals surface area contributed by atoms with Crippen LogP contribution >= 0.6 is 0 Å². The van der Waals surface area contributed by atoms with Crippen LogP contribution in [0, 0.1) is 6.92 Å². The lowest BCUT2D eigenvalue weighted by Crippen LogP contribution is -2.15. The van der Waals surface area contributed by atoms with Crippen molar-refractivity contribution in [1.29, 1.82) is 0 Å². The minimum Gasteiger partial charge on any atom is -0.354 e. The standard InChI is InChI=1S/C28H34N6O2S/c1-3-4-18-29-28-30-19-25-26(32-34(27(25)31-28)23-8-6-5-7-9-23)21-12-16-24(17-13-21)37(35,36)33-22-14-10-20(2)11-15-22/h10-17,19,23,33H,3-9,18H2,1-2H3,(H,29,30,31). The molecule has 0 radical (unpaired) electrons. The average Bonchev–Trinajstić information content (AvgIpc) is 3.29. The summed E-state index contributed by atoms with van der Waals surface area (Å²) in [6.07, 6.45) is 9.80. The van der Waals surface area contributed by atoms with E-state index in [0.717, 1.165) is 60.1 Å². The van der Waals surface area contributed by atoms with Gasteiger partial charge in [-0.3, -0.25) is 4.72 Å². The van der Waals surface area contributed by atoms with Crippen molar-refractivity contribution in [2.75, 3.05) is 16.6 Å². The Morgan fingerprint density at radius 3 is 2.43 bits per heavy atom. The third-order valence-electron chi connectivity index (χ3n) is 6.92. The number of hydrogen-bond acceptors (Lipinski definition) is 6. The molecule has 1 aliphatic rings. The molecule has 4 aromatic rings. The predicted molar refractivity (Wildman–Crippen MR) is 148 cm³/mol. The molecule has 0 atom stereocenters. The second-order valence-electron chi connectivity index (χ2n) is 9.79. The molecule has 9 heteroatoms. The first-order chi connectivity index (χ1) is 17.9. The first kappa shape index (κ1) is 25.2. The number of rotatable bonds is 9. The molecular weight excluding hydrogens is 484 g/mol. The fraction of sp³-hybridized carbons (Fsp3) is 0.393. The van der Waals surface area contributed by atoms with E-state index in [4.69, 9.17) is 10.1 Å². The molecule has 1 saturated carbocycles. The highest BCUT2D eigenvalue weighted by Crippen LogP contribution is 2.34. The zero-order chi connectivity index (χ0) is 25.8. The number of aromatic nitrogens is 4. The summed E-state index contributed by atoms with van der Waals surface area (Å²) in [5, 5.41) is 9.21. The summed E-state index contributed by atoms with van der Waals surface area (Å²) in [7, 11) is -3.70. The van der Waals surface area contributed by atoms with Gasteiger partial charge in [0.25, 0.3) is 10.0 Å². The van der Waals surface area contributed by atoms with E-state index in [1.807, 2.05) is 37.4 Å². The lowest BCUT2D eigenvalue weighted by Gasteiger charge is -2.22. The van der Waals surface area contributed by atoms with Gasteiger partial charge in [0.05, 0.1) is 16.3 Å². The summed E-state index contributed by atoms with van der Waals surface area (Å²) >= 11 is 0. The molecule has 8 nitrogen and oxygen atoms in total. The van der Waals surface area contributed by atoms with E-state index in [1.54, 1.807) is 24.3 Å². The number of aryl methyl sites for hydroxylation is 1. The Hall–Kier alpha value is -3.46. The monoisotopic (exact) mass is 518 g/mol. The van der Waals surface area contributed by atoms with Crippen molar-refractivity contribution >= 4 is 32.7 Å². The van der Waals surface area contributed by atoms with Gasteiger partial charge in [-0.25, -0.2) is 18.1 Å². The smallest absolute Gasteiger partial charge is 0.261 e. The Labute approximate surface area is 218 Å². The summed E-state index contributed by atoms with van der Waals surface area (Å²) in [5.74, 6) is 0.619. The minimum absolute atomic E-state index is 0.200. The van der Waals surface area contributed by atoms with Crippen LogP contribution in [0.3, 0.4) is 0 Å². The topological polar surface area (TPSA) is 102 Å². The van der Waals surface area contributed by atoms with Gasteiger partial charge < -0.3 is 5.32 Å². The van der Waals surface area contributed by atoms with Gasteiger partial charge in [0, 0.05) is 24.0 Å². The molecule has 1 fully saturated rings. The Kier molecular flexibility index (Phi) is 7.41. The van der Waals surface area contributed by atoms with Crippen LogP contribution in [-0.4, -0.2) is 34.7 Å². The summed E-state index contributed by atoms with van der Waals surface area (Å²) < 4.78 is 30.6. The second-order valence-corrected chi connectivity index (χ2v) is 11.5. The molecule has 0 bridgehead atoms. The van der Waals surface area contributed by atoms with Gasteiger partial charge in [-0.15, -0.1) is 0 Å². The lowest BCUT2D eigenvalue weighted by molar-refractivity contribution is 0.336. The zero-order valence-electron chi connectivity index (χ0n) is 21.4. The quantitative estimate of drug-likeness (QED) is 0.251. The van der Waals surface area contributed by atoms with Crippen LogP contribution in [-0.2, 0) is 10.0 Å². The molecular formula is C28H34N6O2S. The molecule has 0 aliphatic heterocycles. The maximum Gasteiger partial charge on any atom is 0.261 e. The van der Waals surface area contributed by atoms with E-state index < -0.39 is 10.0 Å². The molecule has 194 valence electrons. The van der Waals surface area contributed by atoms with E-state index in [9.17, 15) is 8.42 Å². The van der Waals surface area contributed by atoms with E-state index in [0.29, 0.717) is 17.7 Å². The highest BCUT2D eigenvalue weighted by molar-refractivity contribution is 7.92. The van der Waals surface area contributed by atoms with Gasteiger partial charge in [0.2, 0.25) is 5.95 Å². The molecule has 0 spiro atoms. The van der Waals surface area contributed by atoms with Crippen molar-refractivity contribution in [3.63, 3.8) is 0 Å². The second kappa shape index (κ2) is 10.9. The lowest BCUT2D eigenvalue weighted by atomic mass is 9.96. The number of hydrogen-bond donors (Lipinski definition) is 2. The van der Waals surface area contributed by atoms with Crippen LogP contribution in [0.25, 0.3) is 22.3 Å². The van der Waals surface area contributed by atoms with E-state index in [2.05, 4.69) is 26.6 Å². The van der Waals surface area contributed by atoms with Crippen LogP contribution in [0.15, 0.2) is 59.6 Å². The number of unbranched alkanes of at least 4 members (excludes halogenated alkanes) is 1. The number of fused-ring (bicyclic) bond motifs is 1. The molecule has 5 rings (SSSR count). The van der Waals surface area contributed by atoms with Gasteiger partial charge in [-0.1, -0.05) is 62.4 Å². The molecule has 0 amide bonds. The number of nitrogens with zero attached hydrogens (tertiary/aromatic N) is 4. The number of benzene rings is 2. The highest BCUT2D eigenvalue weighted by atomic mass is 32.2. The molecule has 1 aliphatic carbocycles. The first-order valence-corrected chi connectivity index (χ1v) is 14.6. The van der Waals surface area contributed by atoms with Gasteiger partial charge in [-0.05, 0) is 50.5 Å². The Morgan fingerprint density at radius 2 is 1.73 bits per heavy atom. The van der Waals surface area contributed by atoms with Crippen molar-refractivity contribution < 1.29 is 8.42 Å². The third-order valence-corrected chi connectivity index (χ3v) is 8.32. The van der Waals surface area contributed by atoms with Crippen LogP contribution in [0.4, 0.5) is 11.6 Å². The third kappa shape index (κ3) is 5.61. The molecule has 37 heavy (non-hydrogen) atoms. The van der Waals surface area contributed by atoms with Crippen molar-refractivity contribution in [1.82, 2.24) is 19.7 Å². The van der Waals surface area contributed by atoms with E-state index in [1.165, 1.54) is 19.3 Å². The number of anilines is 2. The molecule has 2 aromatic heterocycles. The predicted octanol–water partition coefficient (Wildman–Crippen LogP) is 6.32. The van der Waals surface area contributed by atoms with Crippen LogP contribution in [0.1, 0.15) is 63.5 Å². The first-order valence-electron chi connectivity index (χ1n) is 13.1. The normalized spacial score (nSPS) is 14.6. The van der Waals surface area contributed by atoms with Crippen molar-refractivity contribution in [2.45, 2.75) is 69.7 Å². The largest absolute Gasteiger partial charge is 0.354 e. The molecule has 0 unspecified atom stereocenters. The number of sulfonamides is 1. The molecule has 2 aromatic carbocycles. The fourth-order valence-electron chi connectivity index (χ4n) is 4.81. The van der Waals surface area contributed by atoms with E-state index >= 15 is 0 Å². The molecule has 2 N–H and O–H groups in total. The Balaban J connectivity index is 1.47. The van der Waals surface area contributed by atoms with Gasteiger partial charge in [0.1, 0.15) is 5.69 Å². The summed E-state index contributed by atoms with van der Waals surface area (Å²) in [4.78, 5) is 9.60. The van der Waals surface area contributed by atoms with E-state index in [-0.39, 0.29) is 4.90 Å². The van der Waals surface area contributed by atoms with Crippen molar-refractivity contribution in [3.05, 3.63) is 60.3 Å². The van der Waals surface area contributed by atoms with Crippen LogP contribution in [0.5, 0.6) is 0 Å². The Morgan fingerprint density at radius 1 is 1.00 bits per heavy atom. The molecule has 2 heterocycles. The summed E-state index contributed by atoms with van der Waals surface area (Å²) in [5.41, 5.74) is 4.04. The fourth-order valence-corrected chi connectivity index (χ4v) is 5.87. The number of nitrogens with one attached hydrogen (secondary N) is 2.